The van der Waals surface area contributed by atoms with Crippen molar-refractivity contribution in [3.63, 3.8) is 0 Å². The fourth-order valence-electron chi connectivity index (χ4n) is 2.77. The number of anilines is 2. The van der Waals surface area contributed by atoms with Gasteiger partial charge in [0, 0.05) is 32.0 Å². The highest BCUT2D eigenvalue weighted by atomic mass is 16.2. The summed E-state index contributed by atoms with van der Waals surface area (Å²) in [7, 11) is 1.78. The molecule has 0 N–H and O–H groups in total. The predicted octanol–water partition coefficient (Wildman–Crippen LogP) is 3.91. The number of nitrogens with zero attached hydrogens (tertiary/aromatic N) is 4. The number of amides is 1. The van der Waals surface area contributed by atoms with Crippen LogP contribution in [0.15, 0.2) is 72.9 Å². The van der Waals surface area contributed by atoms with E-state index in [4.69, 9.17) is 0 Å². The van der Waals surface area contributed by atoms with Crippen LogP contribution in [0.3, 0.4) is 0 Å². The molecule has 0 fully saturated rings. The van der Waals surface area contributed by atoms with Gasteiger partial charge < -0.3 is 9.80 Å². The lowest BCUT2D eigenvalue weighted by Gasteiger charge is -2.22. The number of benzene rings is 2. The van der Waals surface area contributed by atoms with Crippen molar-refractivity contribution in [3.05, 3.63) is 84.2 Å². The van der Waals surface area contributed by atoms with E-state index >= 15 is 0 Å². The largest absolute Gasteiger partial charge is 0.336 e. The van der Waals surface area contributed by atoms with Crippen molar-refractivity contribution in [1.82, 2.24) is 14.9 Å². The topological polar surface area (TPSA) is 49.3 Å². The first-order chi connectivity index (χ1) is 12.7. The minimum Gasteiger partial charge on any atom is -0.336 e. The van der Waals surface area contributed by atoms with Crippen LogP contribution in [0.1, 0.15) is 23.0 Å². The summed E-state index contributed by atoms with van der Waals surface area (Å²) >= 11 is 0. The van der Waals surface area contributed by atoms with Crippen LogP contribution in [0.5, 0.6) is 0 Å². The third kappa shape index (κ3) is 4.06. The molecule has 0 radical (unpaired) electrons. The van der Waals surface area contributed by atoms with Crippen molar-refractivity contribution in [2.24, 2.45) is 0 Å². The zero-order valence-electron chi connectivity index (χ0n) is 15.0. The number of rotatable bonds is 6. The Morgan fingerprint density at radius 3 is 2.27 bits per heavy atom. The number of hydrogen-bond acceptors (Lipinski definition) is 4. The van der Waals surface area contributed by atoms with Crippen LogP contribution in [0.2, 0.25) is 0 Å². The second-order valence-electron chi connectivity index (χ2n) is 5.97. The van der Waals surface area contributed by atoms with Crippen molar-refractivity contribution in [2.45, 2.75) is 13.5 Å². The Balaban J connectivity index is 1.81. The highest BCUT2D eigenvalue weighted by Gasteiger charge is 2.17. The van der Waals surface area contributed by atoms with Gasteiger partial charge in [0.25, 0.3) is 5.91 Å². The van der Waals surface area contributed by atoms with Gasteiger partial charge in [-0.1, -0.05) is 48.5 Å². The summed E-state index contributed by atoms with van der Waals surface area (Å²) in [6.45, 7) is 3.28. The van der Waals surface area contributed by atoms with Gasteiger partial charge >= 0.3 is 0 Å². The van der Waals surface area contributed by atoms with Gasteiger partial charge in [-0.25, -0.2) is 9.97 Å². The van der Waals surface area contributed by atoms with E-state index in [-0.39, 0.29) is 5.91 Å². The summed E-state index contributed by atoms with van der Waals surface area (Å²) in [6.07, 6.45) is 1.64. The second-order valence-corrected chi connectivity index (χ2v) is 5.97. The Bertz CT molecular complexity index is 852. The monoisotopic (exact) mass is 346 g/mol. The van der Waals surface area contributed by atoms with E-state index in [1.165, 1.54) is 0 Å². The van der Waals surface area contributed by atoms with Gasteiger partial charge in [0.1, 0.15) is 5.69 Å². The minimum atomic E-state index is -0.124. The highest BCUT2D eigenvalue weighted by molar-refractivity contribution is 5.92. The van der Waals surface area contributed by atoms with E-state index in [2.05, 4.69) is 9.97 Å². The Hall–Kier alpha value is -3.21. The van der Waals surface area contributed by atoms with Gasteiger partial charge in [-0.2, -0.15) is 0 Å². The molecule has 0 atom stereocenters. The van der Waals surface area contributed by atoms with E-state index in [1.54, 1.807) is 24.2 Å². The molecule has 3 rings (SSSR count). The zero-order valence-corrected chi connectivity index (χ0v) is 15.0. The zero-order chi connectivity index (χ0) is 18.4. The van der Waals surface area contributed by atoms with Crippen LogP contribution in [0.4, 0.5) is 11.6 Å². The van der Waals surface area contributed by atoms with E-state index in [9.17, 15) is 4.79 Å². The fourth-order valence-corrected chi connectivity index (χ4v) is 2.77. The molecular formula is C21H22N4O. The number of para-hydroxylation sites is 1. The Morgan fingerprint density at radius 2 is 1.62 bits per heavy atom. The predicted molar refractivity (Wildman–Crippen MR) is 103 cm³/mol. The van der Waals surface area contributed by atoms with Crippen LogP contribution in [0.25, 0.3) is 0 Å². The number of aromatic nitrogens is 2. The Labute approximate surface area is 153 Å². The highest BCUT2D eigenvalue weighted by Crippen LogP contribution is 2.21. The molecule has 2 aromatic carbocycles. The van der Waals surface area contributed by atoms with Crippen molar-refractivity contribution in [2.75, 3.05) is 18.5 Å². The van der Waals surface area contributed by atoms with Crippen LogP contribution >= 0.6 is 0 Å². The SMILES string of the molecule is CCN(c1ccccc1)c1nccc(C(=O)N(C)Cc2ccccc2)n1. The van der Waals surface area contributed by atoms with Gasteiger partial charge in [-0.3, -0.25) is 4.79 Å². The summed E-state index contributed by atoms with van der Waals surface area (Å²) < 4.78 is 0. The molecule has 0 aliphatic rings. The quantitative estimate of drug-likeness (QED) is 0.679. The van der Waals surface area contributed by atoms with Crippen molar-refractivity contribution in [1.29, 1.82) is 0 Å². The molecule has 0 aliphatic carbocycles. The molecule has 132 valence electrons. The smallest absolute Gasteiger partial charge is 0.272 e. The molecule has 26 heavy (non-hydrogen) atoms. The standard InChI is InChI=1S/C21H22N4O/c1-3-25(18-12-8-5-9-13-18)21-22-15-14-19(23-21)20(26)24(2)16-17-10-6-4-7-11-17/h4-15H,3,16H2,1-2H3. The molecule has 1 aromatic heterocycles. The van der Waals surface area contributed by atoms with E-state index in [0.29, 0.717) is 24.7 Å². The van der Waals surface area contributed by atoms with Crippen LogP contribution < -0.4 is 4.90 Å². The van der Waals surface area contributed by atoms with Crippen LogP contribution in [-0.4, -0.2) is 34.4 Å². The molecule has 0 saturated carbocycles. The van der Waals surface area contributed by atoms with Gasteiger partial charge in [-0.05, 0) is 30.7 Å². The average Bonchev–Trinajstić information content (AvgIpc) is 2.70. The molecular weight excluding hydrogens is 324 g/mol. The maximum atomic E-state index is 12.8. The molecule has 0 spiro atoms. The van der Waals surface area contributed by atoms with Gasteiger partial charge in [-0.15, -0.1) is 0 Å². The first-order valence-electron chi connectivity index (χ1n) is 8.64. The molecule has 0 unspecified atom stereocenters. The summed E-state index contributed by atoms with van der Waals surface area (Å²) in [4.78, 5) is 25.3. The minimum absolute atomic E-state index is 0.124. The second kappa shape index (κ2) is 8.25. The average molecular weight is 346 g/mol. The lowest BCUT2D eigenvalue weighted by atomic mass is 10.2. The number of carbonyl (C=O) groups is 1. The first-order valence-corrected chi connectivity index (χ1v) is 8.64. The molecule has 0 bridgehead atoms. The van der Waals surface area contributed by atoms with Crippen molar-refractivity contribution in [3.8, 4) is 0 Å². The molecule has 5 heteroatoms. The molecule has 3 aromatic rings. The fraction of sp³-hybridized carbons (Fsp3) is 0.190. The van der Waals surface area contributed by atoms with Gasteiger partial charge in [0.15, 0.2) is 0 Å². The molecule has 1 amide bonds. The molecule has 1 heterocycles. The normalized spacial score (nSPS) is 10.4. The van der Waals surface area contributed by atoms with Crippen molar-refractivity contribution < 1.29 is 4.79 Å². The lowest BCUT2D eigenvalue weighted by Crippen LogP contribution is -2.28. The summed E-state index contributed by atoms with van der Waals surface area (Å²) in [5.74, 6) is 0.402. The number of carbonyl (C=O) groups excluding carboxylic acids is 1. The van der Waals surface area contributed by atoms with E-state index in [1.807, 2.05) is 72.5 Å². The van der Waals surface area contributed by atoms with Crippen LogP contribution in [0, 0.1) is 0 Å². The Morgan fingerprint density at radius 1 is 0.962 bits per heavy atom. The van der Waals surface area contributed by atoms with Crippen molar-refractivity contribution >= 4 is 17.5 Å². The van der Waals surface area contributed by atoms with E-state index in [0.717, 1.165) is 11.3 Å². The van der Waals surface area contributed by atoms with E-state index < -0.39 is 0 Å². The molecule has 0 aliphatic heterocycles. The third-order valence-electron chi connectivity index (χ3n) is 4.10. The van der Waals surface area contributed by atoms with Gasteiger partial charge in [0.05, 0.1) is 0 Å². The summed E-state index contributed by atoms with van der Waals surface area (Å²) in [6, 6.07) is 21.5. The summed E-state index contributed by atoms with van der Waals surface area (Å²) in [5, 5.41) is 0. The first kappa shape index (κ1) is 17.6. The maximum absolute atomic E-state index is 12.8. The maximum Gasteiger partial charge on any atom is 0.272 e. The molecule has 5 nitrogen and oxygen atoms in total. The molecule has 0 saturated heterocycles. The summed E-state index contributed by atoms with van der Waals surface area (Å²) in [5.41, 5.74) is 2.47. The lowest BCUT2D eigenvalue weighted by molar-refractivity contribution is 0.0779. The van der Waals surface area contributed by atoms with Crippen LogP contribution in [-0.2, 0) is 6.54 Å². The third-order valence-corrected chi connectivity index (χ3v) is 4.10. The number of hydrogen-bond donors (Lipinski definition) is 0. The Kier molecular flexibility index (Phi) is 5.59. The van der Waals surface area contributed by atoms with Gasteiger partial charge in [0.2, 0.25) is 5.95 Å².